The number of halogens is 3. The van der Waals surface area contributed by atoms with Crippen LogP contribution >= 0.6 is 15.9 Å². The lowest BCUT2D eigenvalue weighted by Crippen LogP contribution is -1.96. The molecule has 2 aromatic rings. The van der Waals surface area contributed by atoms with Crippen molar-refractivity contribution in [3.05, 3.63) is 52.0 Å². The standard InChI is InChI=1S/C13H10BrF2NO/c1-7-2-3-11(10(17)4-7)18-12-6-8(14)5-9(15)13(12)16/h2-6H,17H2,1H3. The Hall–Kier alpha value is -1.62. The fraction of sp³-hybridized carbons (Fsp3) is 0.0769. The number of anilines is 1. The Morgan fingerprint density at radius 3 is 2.50 bits per heavy atom. The van der Waals surface area contributed by atoms with Crippen LogP contribution in [0, 0.1) is 18.6 Å². The zero-order valence-corrected chi connectivity index (χ0v) is 11.1. The number of hydrogen-bond acceptors (Lipinski definition) is 2. The Labute approximate surface area is 112 Å². The van der Waals surface area contributed by atoms with E-state index in [2.05, 4.69) is 15.9 Å². The summed E-state index contributed by atoms with van der Waals surface area (Å²) in [4.78, 5) is 0. The van der Waals surface area contributed by atoms with E-state index in [0.29, 0.717) is 10.2 Å². The molecule has 0 heterocycles. The predicted molar refractivity (Wildman–Crippen MR) is 69.7 cm³/mol. The lowest BCUT2D eigenvalue weighted by molar-refractivity contribution is 0.416. The maximum atomic E-state index is 13.5. The molecule has 0 unspecified atom stereocenters. The topological polar surface area (TPSA) is 35.2 Å². The van der Waals surface area contributed by atoms with E-state index in [1.807, 2.05) is 6.92 Å². The number of aryl methyl sites for hydroxylation is 1. The van der Waals surface area contributed by atoms with E-state index >= 15 is 0 Å². The number of ether oxygens (including phenoxy) is 1. The molecule has 0 radical (unpaired) electrons. The molecule has 0 saturated heterocycles. The minimum Gasteiger partial charge on any atom is -0.452 e. The summed E-state index contributed by atoms with van der Waals surface area (Å²) in [5.41, 5.74) is 7.07. The van der Waals surface area contributed by atoms with Crippen LogP contribution in [0.5, 0.6) is 11.5 Å². The minimum absolute atomic E-state index is 0.211. The summed E-state index contributed by atoms with van der Waals surface area (Å²) in [6.45, 7) is 1.87. The van der Waals surface area contributed by atoms with Crippen LogP contribution < -0.4 is 10.5 Å². The van der Waals surface area contributed by atoms with E-state index in [4.69, 9.17) is 10.5 Å². The molecular weight excluding hydrogens is 304 g/mol. The largest absolute Gasteiger partial charge is 0.452 e. The second kappa shape index (κ2) is 4.94. The fourth-order valence-electron chi connectivity index (χ4n) is 1.49. The van der Waals surface area contributed by atoms with Gasteiger partial charge in [0, 0.05) is 4.47 Å². The Balaban J connectivity index is 2.40. The van der Waals surface area contributed by atoms with Gasteiger partial charge in [-0.25, -0.2) is 4.39 Å². The molecule has 18 heavy (non-hydrogen) atoms. The fourth-order valence-corrected chi connectivity index (χ4v) is 1.89. The molecule has 0 aliphatic carbocycles. The third kappa shape index (κ3) is 2.61. The first kappa shape index (κ1) is 12.8. The zero-order valence-electron chi connectivity index (χ0n) is 9.51. The van der Waals surface area contributed by atoms with Crippen LogP contribution in [0.3, 0.4) is 0 Å². The maximum absolute atomic E-state index is 13.5. The molecule has 0 saturated carbocycles. The molecule has 0 aliphatic rings. The van der Waals surface area contributed by atoms with Crippen molar-refractivity contribution in [2.45, 2.75) is 6.92 Å². The predicted octanol–water partition coefficient (Wildman–Crippen LogP) is 4.41. The minimum atomic E-state index is -1.04. The highest BCUT2D eigenvalue weighted by molar-refractivity contribution is 9.10. The van der Waals surface area contributed by atoms with Crippen molar-refractivity contribution in [1.82, 2.24) is 0 Å². The Morgan fingerprint density at radius 2 is 1.83 bits per heavy atom. The van der Waals surface area contributed by atoms with Crippen LogP contribution in [-0.4, -0.2) is 0 Å². The van der Waals surface area contributed by atoms with Gasteiger partial charge in [-0.15, -0.1) is 0 Å². The van der Waals surface area contributed by atoms with E-state index in [9.17, 15) is 8.78 Å². The summed E-state index contributed by atoms with van der Waals surface area (Å²) < 4.78 is 32.4. The van der Waals surface area contributed by atoms with Crippen molar-refractivity contribution >= 4 is 21.6 Å². The third-order valence-electron chi connectivity index (χ3n) is 2.34. The van der Waals surface area contributed by atoms with Crippen molar-refractivity contribution in [2.24, 2.45) is 0 Å². The van der Waals surface area contributed by atoms with Gasteiger partial charge >= 0.3 is 0 Å². The van der Waals surface area contributed by atoms with Gasteiger partial charge in [-0.2, -0.15) is 4.39 Å². The van der Waals surface area contributed by atoms with Gasteiger partial charge in [0.15, 0.2) is 11.6 Å². The van der Waals surface area contributed by atoms with E-state index < -0.39 is 11.6 Å². The highest BCUT2D eigenvalue weighted by Gasteiger charge is 2.13. The smallest absolute Gasteiger partial charge is 0.201 e. The van der Waals surface area contributed by atoms with Crippen LogP contribution in [0.2, 0.25) is 0 Å². The van der Waals surface area contributed by atoms with Crippen molar-refractivity contribution in [1.29, 1.82) is 0 Å². The summed E-state index contributed by atoms with van der Waals surface area (Å²) in [7, 11) is 0. The third-order valence-corrected chi connectivity index (χ3v) is 2.80. The van der Waals surface area contributed by atoms with Gasteiger partial charge in [-0.05, 0) is 36.8 Å². The van der Waals surface area contributed by atoms with E-state index in [1.165, 1.54) is 6.07 Å². The molecule has 94 valence electrons. The van der Waals surface area contributed by atoms with Crippen molar-refractivity contribution < 1.29 is 13.5 Å². The molecule has 0 spiro atoms. The average molecular weight is 314 g/mol. The SMILES string of the molecule is Cc1ccc(Oc2cc(Br)cc(F)c2F)c(N)c1. The first-order valence-corrected chi connectivity index (χ1v) is 5.95. The normalized spacial score (nSPS) is 10.4. The van der Waals surface area contributed by atoms with Gasteiger partial charge in [0.25, 0.3) is 0 Å². The lowest BCUT2D eigenvalue weighted by Gasteiger charge is -2.10. The van der Waals surface area contributed by atoms with E-state index in [0.717, 1.165) is 11.6 Å². The first-order valence-electron chi connectivity index (χ1n) is 5.16. The zero-order chi connectivity index (χ0) is 13.3. The Morgan fingerprint density at radius 1 is 1.11 bits per heavy atom. The van der Waals surface area contributed by atoms with Crippen LogP contribution in [0.1, 0.15) is 5.56 Å². The summed E-state index contributed by atoms with van der Waals surface area (Å²) >= 11 is 3.07. The molecule has 2 aromatic carbocycles. The summed E-state index contributed by atoms with van der Waals surface area (Å²) in [5, 5.41) is 0. The van der Waals surface area contributed by atoms with E-state index in [-0.39, 0.29) is 11.5 Å². The lowest BCUT2D eigenvalue weighted by atomic mass is 10.2. The molecule has 0 fully saturated rings. The van der Waals surface area contributed by atoms with Crippen molar-refractivity contribution in [2.75, 3.05) is 5.73 Å². The quantitative estimate of drug-likeness (QED) is 0.658. The summed E-state index contributed by atoms with van der Waals surface area (Å²) in [6.07, 6.45) is 0. The molecule has 2 N–H and O–H groups in total. The van der Waals surface area contributed by atoms with Crippen LogP contribution in [0.25, 0.3) is 0 Å². The monoisotopic (exact) mass is 313 g/mol. The second-order valence-electron chi connectivity index (χ2n) is 3.84. The molecule has 2 rings (SSSR count). The maximum Gasteiger partial charge on any atom is 0.201 e. The van der Waals surface area contributed by atoms with Gasteiger partial charge in [0.2, 0.25) is 5.82 Å². The number of benzene rings is 2. The molecule has 0 aliphatic heterocycles. The summed E-state index contributed by atoms with van der Waals surface area (Å²) in [6, 6.07) is 7.46. The average Bonchev–Trinajstić information content (AvgIpc) is 2.29. The van der Waals surface area contributed by atoms with Gasteiger partial charge < -0.3 is 10.5 Å². The number of hydrogen-bond donors (Lipinski definition) is 1. The Kier molecular flexibility index (Phi) is 3.52. The first-order chi connectivity index (χ1) is 8.47. The van der Waals surface area contributed by atoms with Crippen LogP contribution in [0.4, 0.5) is 14.5 Å². The molecule has 0 atom stereocenters. The van der Waals surface area contributed by atoms with Gasteiger partial charge in [0.05, 0.1) is 5.69 Å². The van der Waals surface area contributed by atoms with E-state index in [1.54, 1.807) is 18.2 Å². The van der Waals surface area contributed by atoms with Crippen LogP contribution in [-0.2, 0) is 0 Å². The number of nitrogens with two attached hydrogens (primary N) is 1. The summed E-state index contributed by atoms with van der Waals surface area (Å²) in [5.74, 6) is -1.95. The van der Waals surface area contributed by atoms with Crippen LogP contribution in [0.15, 0.2) is 34.8 Å². The highest BCUT2D eigenvalue weighted by Crippen LogP contribution is 2.32. The molecule has 2 nitrogen and oxygen atoms in total. The van der Waals surface area contributed by atoms with Gasteiger partial charge in [-0.3, -0.25) is 0 Å². The molecule has 5 heteroatoms. The number of nitrogen functional groups attached to an aromatic ring is 1. The second-order valence-corrected chi connectivity index (χ2v) is 4.76. The molecule has 0 amide bonds. The molecule has 0 aromatic heterocycles. The highest BCUT2D eigenvalue weighted by atomic mass is 79.9. The van der Waals surface area contributed by atoms with Gasteiger partial charge in [-0.1, -0.05) is 22.0 Å². The molecule has 0 bridgehead atoms. The van der Waals surface area contributed by atoms with Crippen molar-refractivity contribution in [3.8, 4) is 11.5 Å². The van der Waals surface area contributed by atoms with Crippen molar-refractivity contribution in [3.63, 3.8) is 0 Å². The van der Waals surface area contributed by atoms with Gasteiger partial charge in [0.1, 0.15) is 5.75 Å². The number of rotatable bonds is 2. The Bertz CT molecular complexity index is 602. The molecular formula is C13H10BrF2NO.